The molecule has 0 aromatic heterocycles. The molecule has 2 aliphatic rings. The van der Waals surface area contributed by atoms with Gasteiger partial charge in [0.25, 0.3) is 0 Å². The molecule has 0 heterocycles. The highest BCUT2D eigenvalue weighted by Crippen LogP contribution is 2.38. The van der Waals surface area contributed by atoms with Gasteiger partial charge in [-0.25, -0.2) is 0 Å². The summed E-state index contributed by atoms with van der Waals surface area (Å²) in [5.41, 5.74) is 9.44. The molecule has 0 spiro atoms. The fraction of sp³-hybridized carbons (Fsp3) is 0.818. The van der Waals surface area contributed by atoms with Crippen LogP contribution in [0.2, 0.25) is 0 Å². The molecule has 15 heavy (non-hydrogen) atoms. The van der Waals surface area contributed by atoms with Crippen LogP contribution in [0.1, 0.15) is 44.9 Å². The van der Waals surface area contributed by atoms with E-state index in [1.54, 1.807) is 0 Å². The second-order valence-electron chi connectivity index (χ2n) is 4.62. The molecule has 3 N–H and O–H groups in total. The molecule has 0 radical (unpaired) electrons. The predicted molar refractivity (Wildman–Crippen MR) is 66.7 cm³/mol. The Morgan fingerprint density at radius 2 is 2.00 bits per heavy atom. The zero-order valence-electron chi connectivity index (χ0n) is 9.04. The standard InChI is InChI=1S/C11H19N3S/c12-11(15)14-13-10-7-3-5-8-4-1-2-6-9(8)10/h8-9H,1-7H2,(H3,12,14,15)/b13-10-. The van der Waals surface area contributed by atoms with E-state index in [9.17, 15) is 0 Å². The van der Waals surface area contributed by atoms with Crippen molar-refractivity contribution in [2.24, 2.45) is 22.7 Å². The summed E-state index contributed by atoms with van der Waals surface area (Å²) in [6, 6.07) is 0. The van der Waals surface area contributed by atoms with Crippen molar-refractivity contribution in [1.29, 1.82) is 0 Å². The van der Waals surface area contributed by atoms with E-state index in [1.807, 2.05) is 0 Å². The maximum Gasteiger partial charge on any atom is 0.184 e. The van der Waals surface area contributed by atoms with Crippen LogP contribution in [-0.2, 0) is 0 Å². The van der Waals surface area contributed by atoms with Crippen molar-refractivity contribution >= 4 is 23.0 Å². The van der Waals surface area contributed by atoms with E-state index in [4.69, 9.17) is 18.0 Å². The van der Waals surface area contributed by atoms with Crippen LogP contribution in [0, 0.1) is 11.8 Å². The largest absolute Gasteiger partial charge is 0.375 e. The van der Waals surface area contributed by atoms with E-state index < -0.39 is 0 Å². The second-order valence-corrected chi connectivity index (χ2v) is 5.06. The lowest BCUT2D eigenvalue weighted by Crippen LogP contribution is -2.34. The number of thiocarbonyl (C=S) groups is 1. The van der Waals surface area contributed by atoms with Crippen molar-refractivity contribution < 1.29 is 0 Å². The molecule has 3 nitrogen and oxygen atoms in total. The molecule has 0 aromatic rings. The number of hydrogen-bond donors (Lipinski definition) is 2. The number of hydrazone groups is 1. The zero-order chi connectivity index (χ0) is 10.7. The first-order valence-corrected chi connectivity index (χ1v) is 6.30. The quantitative estimate of drug-likeness (QED) is 0.531. The van der Waals surface area contributed by atoms with Crippen LogP contribution in [0.4, 0.5) is 0 Å². The molecule has 2 aliphatic carbocycles. The van der Waals surface area contributed by atoms with Crippen LogP contribution in [-0.4, -0.2) is 10.8 Å². The van der Waals surface area contributed by atoms with Crippen LogP contribution in [0.3, 0.4) is 0 Å². The molecule has 84 valence electrons. The third-order valence-corrected chi connectivity index (χ3v) is 3.75. The van der Waals surface area contributed by atoms with E-state index in [-0.39, 0.29) is 5.11 Å². The summed E-state index contributed by atoms with van der Waals surface area (Å²) in [7, 11) is 0. The smallest absolute Gasteiger partial charge is 0.184 e. The van der Waals surface area contributed by atoms with E-state index in [0.717, 1.165) is 12.3 Å². The van der Waals surface area contributed by atoms with E-state index in [2.05, 4.69) is 10.5 Å². The van der Waals surface area contributed by atoms with E-state index >= 15 is 0 Å². The maximum atomic E-state index is 5.39. The first-order valence-electron chi connectivity index (χ1n) is 5.89. The number of rotatable bonds is 1. The highest BCUT2D eigenvalue weighted by Gasteiger charge is 2.32. The Labute approximate surface area is 96.5 Å². The molecule has 0 amide bonds. The third-order valence-electron chi connectivity index (χ3n) is 3.65. The van der Waals surface area contributed by atoms with Crippen molar-refractivity contribution in [3.05, 3.63) is 0 Å². The first kappa shape index (κ1) is 10.9. The van der Waals surface area contributed by atoms with Gasteiger partial charge in [0.1, 0.15) is 0 Å². The van der Waals surface area contributed by atoms with Gasteiger partial charge in [0.2, 0.25) is 0 Å². The third kappa shape index (κ3) is 2.68. The number of fused-ring (bicyclic) bond motifs is 1. The predicted octanol–water partition coefficient (Wildman–Crippen LogP) is 2.17. The summed E-state index contributed by atoms with van der Waals surface area (Å²) in [5.74, 6) is 1.58. The summed E-state index contributed by atoms with van der Waals surface area (Å²) in [6.07, 6.45) is 9.23. The molecule has 2 fully saturated rings. The van der Waals surface area contributed by atoms with Gasteiger partial charge >= 0.3 is 0 Å². The molecule has 0 bridgehead atoms. The summed E-state index contributed by atoms with van der Waals surface area (Å²) >= 11 is 4.77. The van der Waals surface area contributed by atoms with Gasteiger partial charge in [0, 0.05) is 11.6 Å². The molecule has 2 saturated carbocycles. The van der Waals surface area contributed by atoms with Gasteiger partial charge in [-0.1, -0.05) is 12.8 Å². The molecule has 2 atom stereocenters. The number of hydrogen-bond acceptors (Lipinski definition) is 2. The van der Waals surface area contributed by atoms with Gasteiger partial charge in [-0.05, 0) is 50.2 Å². The lowest BCUT2D eigenvalue weighted by atomic mass is 9.70. The van der Waals surface area contributed by atoms with Gasteiger partial charge in [-0.3, -0.25) is 5.43 Å². The Morgan fingerprint density at radius 3 is 2.80 bits per heavy atom. The molecule has 0 saturated heterocycles. The Bertz CT molecular complexity index is 273. The van der Waals surface area contributed by atoms with Gasteiger partial charge in [0.15, 0.2) is 5.11 Å². The maximum absolute atomic E-state index is 5.39. The van der Waals surface area contributed by atoms with Gasteiger partial charge in [0.05, 0.1) is 0 Å². The summed E-state index contributed by atoms with van der Waals surface area (Å²) < 4.78 is 0. The lowest BCUT2D eigenvalue weighted by molar-refractivity contribution is 0.260. The minimum Gasteiger partial charge on any atom is -0.375 e. The number of nitrogens with two attached hydrogens (primary N) is 1. The molecule has 4 heteroatoms. The Balaban J connectivity index is 2.03. The SMILES string of the molecule is NC(=S)N/N=C1/CCCC2CCCCC12. The fourth-order valence-corrected chi connectivity index (χ4v) is 3.03. The minimum absolute atomic E-state index is 0.278. The Hall–Kier alpha value is -0.640. The average Bonchev–Trinajstić information content (AvgIpc) is 2.26. The van der Waals surface area contributed by atoms with Crippen LogP contribution >= 0.6 is 12.2 Å². The van der Waals surface area contributed by atoms with Crippen LogP contribution in [0.5, 0.6) is 0 Å². The Kier molecular flexibility index (Phi) is 3.57. The highest BCUT2D eigenvalue weighted by molar-refractivity contribution is 7.80. The van der Waals surface area contributed by atoms with Crippen molar-refractivity contribution in [2.45, 2.75) is 44.9 Å². The molecular formula is C11H19N3S. The number of nitrogens with one attached hydrogen (secondary N) is 1. The Morgan fingerprint density at radius 1 is 1.27 bits per heavy atom. The molecule has 2 unspecified atom stereocenters. The van der Waals surface area contributed by atoms with Crippen LogP contribution in [0.25, 0.3) is 0 Å². The monoisotopic (exact) mass is 225 g/mol. The van der Waals surface area contributed by atoms with E-state index in [0.29, 0.717) is 5.92 Å². The van der Waals surface area contributed by atoms with Crippen LogP contribution in [0.15, 0.2) is 5.10 Å². The second kappa shape index (κ2) is 4.92. The van der Waals surface area contributed by atoms with Gasteiger partial charge < -0.3 is 5.73 Å². The van der Waals surface area contributed by atoms with Crippen LogP contribution < -0.4 is 11.2 Å². The first-order chi connectivity index (χ1) is 7.27. The highest BCUT2D eigenvalue weighted by atomic mass is 32.1. The van der Waals surface area contributed by atoms with E-state index in [1.165, 1.54) is 44.2 Å². The topological polar surface area (TPSA) is 50.4 Å². The average molecular weight is 225 g/mol. The zero-order valence-corrected chi connectivity index (χ0v) is 9.85. The summed E-state index contributed by atoms with van der Waals surface area (Å²) in [5, 5.41) is 4.65. The normalized spacial score (nSPS) is 33.5. The number of nitrogens with zero attached hydrogens (tertiary/aromatic N) is 1. The van der Waals surface area contributed by atoms with Crippen molar-refractivity contribution in [3.8, 4) is 0 Å². The summed E-state index contributed by atoms with van der Waals surface area (Å²) in [6.45, 7) is 0. The minimum atomic E-state index is 0.278. The van der Waals surface area contributed by atoms with Gasteiger partial charge in [-0.15, -0.1) is 0 Å². The molecule has 2 rings (SSSR count). The molecular weight excluding hydrogens is 206 g/mol. The van der Waals surface area contributed by atoms with Crippen molar-refractivity contribution in [1.82, 2.24) is 5.43 Å². The molecule has 0 aliphatic heterocycles. The fourth-order valence-electron chi connectivity index (χ4n) is 2.99. The molecule has 0 aromatic carbocycles. The summed E-state index contributed by atoms with van der Waals surface area (Å²) in [4.78, 5) is 0. The lowest BCUT2D eigenvalue weighted by Gasteiger charge is -2.36. The van der Waals surface area contributed by atoms with Crippen molar-refractivity contribution in [2.75, 3.05) is 0 Å². The van der Waals surface area contributed by atoms with Gasteiger partial charge in [-0.2, -0.15) is 5.10 Å². The van der Waals surface area contributed by atoms with Crippen molar-refractivity contribution in [3.63, 3.8) is 0 Å².